The molecule has 0 bridgehead atoms. The van der Waals surface area contributed by atoms with Crippen LogP contribution in [0.15, 0.2) is 0 Å². The fraction of sp³-hybridized carbons (Fsp3) is 1.00. The van der Waals surface area contributed by atoms with Crippen molar-refractivity contribution in [2.75, 3.05) is 26.3 Å². The lowest BCUT2D eigenvalue weighted by atomic mass is 10.4. The van der Waals surface area contributed by atoms with Crippen LogP contribution in [-0.4, -0.2) is 37.5 Å². The van der Waals surface area contributed by atoms with Crippen LogP contribution in [0, 0.1) is 0 Å². The molecule has 1 atom stereocenters. The molecule has 0 aliphatic carbocycles. The zero-order valence-electron chi connectivity index (χ0n) is 8.18. The van der Waals surface area contributed by atoms with Crippen LogP contribution in [0.25, 0.3) is 0 Å². The second-order valence-corrected chi connectivity index (χ2v) is 3.02. The lowest BCUT2D eigenvalue weighted by molar-refractivity contribution is 0.130. The molecular weight excluding hydrogens is 154 g/mol. The summed E-state index contributed by atoms with van der Waals surface area (Å²) in [6.45, 7) is 7.16. The molecule has 3 heteroatoms. The van der Waals surface area contributed by atoms with Crippen molar-refractivity contribution < 1.29 is 9.84 Å². The first-order valence-corrected chi connectivity index (χ1v) is 4.74. The molecule has 0 aliphatic rings. The second kappa shape index (κ2) is 8.97. The van der Waals surface area contributed by atoms with Gasteiger partial charge < -0.3 is 15.2 Å². The van der Waals surface area contributed by atoms with Crippen LogP contribution >= 0.6 is 0 Å². The Balaban J connectivity index is 2.82. The van der Waals surface area contributed by atoms with Crippen molar-refractivity contribution in [1.29, 1.82) is 0 Å². The van der Waals surface area contributed by atoms with Gasteiger partial charge in [-0.15, -0.1) is 0 Å². The zero-order valence-corrected chi connectivity index (χ0v) is 8.18. The normalized spacial score (nSPS) is 13.2. The maximum Gasteiger partial charge on any atom is 0.0636 e. The van der Waals surface area contributed by atoms with Gasteiger partial charge in [0.05, 0.1) is 6.10 Å². The van der Waals surface area contributed by atoms with E-state index >= 15 is 0 Å². The Hall–Kier alpha value is -0.120. The van der Waals surface area contributed by atoms with Crippen molar-refractivity contribution in [2.45, 2.75) is 32.8 Å². The summed E-state index contributed by atoms with van der Waals surface area (Å²) in [6.07, 6.45) is 1.86. The van der Waals surface area contributed by atoms with E-state index in [-0.39, 0.29) is 6.10 Å². The molecule has 0 saturated carbocycles. The highest BCUT2D eigenvalue weighted by atomic mass is 16.5. The Morgan fingerprint density at radius 3 is 2.75 bits per heavy atom. The number of aliphatic hydroxyl groups excluding tert-OH is 1. The largest absolute Gasteiger partial charge is 0.392 e. The molecule has 0 radical (unpaired) electrons. The van der Waals surface area contributed by atoms with Gasteiger partial charge in [0.25, 0.3) is 0 Å². The molecule has 0 rings (SSSR count). The third-order valence-corrected chi connectivity index (χ3v) is 1.43. The molecule has 0 aromatic rings. The fourth-order valence-electron chi connectivity index (χ4n) is 0.857. The molecule has 12 heavy (non-hydrogen) atoms. The van der Waals surface area contributed by atoms with Gasteiger partial charge in [-0.3, -0.25) is 0 Å². The lowest BCUT2D eigenvalue weighted by Gasteiger charge is -2.06. The number of rotatable bonds is 8. The van der Waals surface area contributed by atoms with E-state index in [2.05, 4.69) is 12.2 Å². The van der Waals surface area contributed by atoms with Crippen molar-refractivity contribution in [3.63, 3.8) is 0 Å². The number of nitrogens with one attached hydrogen (secondary N) is 1. The Kier molecular flexibility index (Phi) is 8.88. The highest BCUT2D eigenvalue weighted by Crippen LogP contribution is 1.84. The van der Waals surface area contributed by atoms with E-state index in [4.69, 9.17) is 9.84 Å². The molecule has 0 heterocycles. The summed E-state index contributed by atoms with van der Waals surface area (Å²) in [5.41, 5.74) is 0. The number of aliphatic hydroxyl groups is 1. The number of hydrogen-bond donors (Lipinski definition) is 2. The van der Waals surface area contributed by atoms with Crippen molar-refractivity contribution >= 4 is 0 Å². The van der Waals surface area contributed by atoms with Crippen molar-refractivity contribution in [1.82, 2.24) is 5.32 Å². The van der Waals surface area contributed by atoms with Gasteiger partial charge in [-0.2, -0.15) is 0 Å². The molecule has 0 unspecified atom stereocenters. The standard InChI is InChI=1S/C9H21NO2/c1-3-6-12-7-4-5-10-8-9(2)11/h9-11H,3-8H2,1-2H3/t9-/m1/s1. The van der Waals surface area contributed by atoms with E-state index < -0.39 is 0 Å². The van der Waals surface area contributed by atoms with Gasteiger partial charge >= 0.3 is 0 Å². The quantitative estimate of drug-likeness (QED) is 0.535. The van der Waals surface area contributed by atoms with Crippen LogP contribution in [-0.2, 0) is 4.74 Å². The van der Waals surface area contributed by atoms with Crippen molar-refractivity contribution in [3.8, 4) is 0 Å². The van der Waals surface area contributed by atoms with E-state index in [0.717, 1.165) is 32.6 Å². The summed E-state index contributed by atoms with van der Waals surface area (Å²) in [6, 6.07) is 0. The van der Waals surface area contributed by atoms with Gasteiger partial charge in [0.2, 0.25) is 0 Å². The van der Waals surface area contributed by atoms with Gasteiger partial charge in [0.15, 0.2) is 0 Å². The monoisotopic (exact) mass is 175 g/mol. The maximum absolute atomic E-state index is 8.90. The van der Waals surface area contributed by atoms with Crippen molar-refractivity contribution in [2.24, 2.45) is 0 Å². The Morgan fingerprint density at radius 2 is 2.17 bits per heavy atom. The molecule has 0 aromatic heterocycles. The van der Waals surface area contributed by atoms with Crippen LogP contribution in [0.2, 0.25) is 0 Å². The number of ether oxygens (including phenoxy) is 1. The maximum atomic E-state index is 8.90. The first-order valence-electron chi connectivity index (χ1n) is 4.74. The Labute approximate surface area is 75.1 Å². The van der Waals surface area contributed by atoms with Crippen LogP contribution in [0.3, 0.4) is 0 Å². The van der Waals surface area contributed by atoms with Crippen molar-refractivity contribution in [3.05, 3.63) is 0 Å². The predicted molar refractivity (Wildman–Crippen MR) is 50.3 cm³/mol. The molecule has 0 amide bonds. The minimum atomic E-state index is -0.249. The van der Waals surface area contributed by atoms with E-state index in [0.29, 0.717) is 6.54 Å². The van der Waals surface area contributed by atoms with Gasteiger partial charge in [0, 0.05) is 19.8 Å². The third kappa shape index (κ3) is 9.88. The summed E-state index contributed by atoms with van der Waals surface area (Å²) in [5.74, 6) is 0. The van der Waals surface area contributed by atoms with Crippen LogP contribution < -0.4 is 5.32 Å². The average molecular weight is 175 g/mol. The molecule has 3 nitrogen and oxygen atoms in total. The highest BCUT2D eigenvalue weighted by Gasteiger charge is 1.93. The average Bonchev–Trinajstić information content (AvgIpc) is 2.02. The first-order chi connectivity index (χ1) is 5.77. The van der Waals surface area contributed by atoms with E-state index in [1.807, 2.05) is 0 Å². The van der Waals surface area contributed by atoms with Gasteiger partial charge in [-0.05, 0) is 26.3 Å². The minimum absolute atomic E-state index is 0.249. The van der Waals surface area contributed by atoms with Gasteiger partial charge in [0.1, 0.15) is 0 Å². The molecule has 0 spiro atoms. The predicted octanol–water partition coefficient (Wildman–Crippen LogP) is 0.774. The molecule has 0 aromatic carbocycles. The molecule has 0 fully saturated rings. The summed E-state index contributed by atoms with van der Waals surface area (Å²) in [5, 5.41) is 12.0. The third-order valence-electron chi connectivity index (χ3n) is 1.43. The van der Waals surface area contributed by atoms with Crippen LogP contribution in [0.1, 0.15) is 26.7 Å². The summed E-state index contributed by atoms with van der Waals surface area (Å²) >= 11 is 0. The summed E-state index contributed by atoms with van der Waals surface area (Å²) < 4.78 is 5.29. The van der Waals surface area contributed by atoms with Crippen LogP contribution in [0.5, 0.6) is 0 Å². The van der Waals surface area contributed by atoms with E-state index in [1.54, 1.807) is 6.92 Å². The van der Waals surface area contributed by atoms with E-state index in [1.165, 1.54) is 0 Å². The number of hydrogen-bond acceptors (Lipinski definition) is 3. The second-order valence-electron chi connectivity index (χ2n) is 3.02. The lowest BCUT2D eigenvalue weighted by Crippen LogP contribution is -2.25. The van der Waals surface area contributed by atoms with E-state index in [9.17, 15) is 0 Å². The molecule has 0 saturated heterocycles. The van der Waals surface area contributed by atoms with Gasteiger partial charge in [-0.1, -0.05) is 6.92 Å². The topological polar surface area (TPSA) is 41.5 Å². The van der Waals surface area contributed by atoms with Gasteiger partial charge in [-0.25, -0.2) is 0 Å². The highest BCUT2D eigenvalue weighted by molar-refractivity contribution is 4.52. The molecule has 0 aliphatic heterocycles. The Bertz CT molecular complexity index is 86.6. The zero-order chi connectivity index (χ0) is 9.23. The smallest absolute Gasteiger partial charge is 0.0636 e. The summed E-state index contributed by atoms with van der Waals surface area (Å²) in [7, 11) is 0. The fourth-order valence-corrected chi connectivity index (χ4v) is 0.857. The van der Waals surface area contributed by atoms with Crippen LogP contribution in [0.4, 0.5) is 0 Å². The molecular formula is C9H21NO2. The molecule has 2 N–H and O–H groups in total. The molecule has 74 valence electrons. The SMILES string of the molecule is CCCOCCCNC[C@@H](C)O. The minimum Gasteiger partial charge on any atom is -0.392 e. The Morgan fingerprint density at radius 1 is 1.42 bits per heavy atom. The summed E-state index contributed by atoms with van der Waals surface area (Å²) in [4.78, 5) is 0. The first kappa shape index (κ1) is 11.9.